The fourth-order valence-electron chi connectivity index (χ4n) is 3.59. The lowest BCUT2D eigenvalue weighted by atomic mass is 10.0. The first-order chi connectivity index (χ1) is 9.83. The monoisotopic (exact) mass is 266 g/mol. The van der Waals surface area contributed by atoms with E-state index in [1.54, 1.807) is 0 Å². The first-order valence-electron chi connectivity index (χ1n) is 7.33. The third-order valence-corrected chi connectivity index (χ3v) is 4.70. The van der Waals surface area contributed by atoms with Crippen LogP contribution in [0.4, 0.5) is 0 Å². The van der Waals surface area contributed by atoms with Gasteiger partial charge in [0.05, 0.1) is 0 Å². The number of nitrogens with one attached hydrogen (secondary N) is 1. The summed E-state index contributed by atoms with van der Waals surface area (Å²) in [6, 6.07) is 14.6. The number of rotatable bonds is 1. The molecular formula is C17H18N2O. The molecule has 0 aromatic heterocycles. The number of benzene rings is 2. The van der Waals surface area contributed by atoms with Crippen LogP contribution in [-0.4, -0.2) is 36.5 Å². The molecule has 3 nitrogen and oxygen atoms in total. The zero-order valence-electron chi connectivity index (χ0n) is 11.4. The number of carbonyl (C=O) groups excluding carboxylic acids is 1. The van der Waals surface area contributed by atoms with Gasteiger partial charge in [-0.1, -0.05) is 30.3 Å². The minimum Gasteiger partial charge on any atom is -0.334 e. The second-order valence-electron chi connectivity index (χ2n) is 5.83. The van der Waals surface area contributed by atoms with E-state index in [0.717, 1.165) is 37.0 Å². The molecule has 3 heteroatoms. The van der Waals surface area contributed by atoms with E-state index in [4.69, 9.17) is 0 Å². The Balaban J connectivity index is 1.66. The summed E-state index contributed by atoms with van der Waals surface area (Å²) in [4.78, 5) is 14.8. The van der Waals surface area contributed by atoms with Crippen LogP contribution in [0.25, 0.3) is 10.8 Å². The van der Waals surface area contributed by atoms with Crippen LogP contribution in [0.1, 0.15) is 16.8 Å². The topological polar surface area (TPSA) is 32.3 Å². The first-order valence-corrected chi connectivity index (χ1v) is 7.33. The van der Waals surface area contributed by atoms with Crippen LogP contribution >= 0.6 is 0 Å². The highest BCUT2D eigenvalue weighted by Crippen LogP contribution is 2.29. The summed E-state index contributed by atoms with van der Waals surface area (Å²) in [7, 11) is 0. The van der Waals surface area contributed by atoms with Crippen molar-refractivity contribution in [2.75, 3.05) is 19.6 Å². The van der Waals surface area contributed by atoms with E-state index < -0.39 is 0 Å². The molecule has 2 aliphatic rings. The Morgan fingerprint density at radius 3 is 2.85 bits per heavy atom. The Labute approximate surface area is 118 Å². The summed E-state index contributed by atoms with van der Waals surface area (Å²) in [5.41, 5.74) is 0.816. The first kappa shape index (κ1) is 11.9. The van der Waals surface area contributed by atoms with Crippen molar-refractivity contribution in [2.45, 2.75) is 12.5 Å². The van der Waals surface area contributed by atoms with Gasteiger partial charge in [0.1, 0.15) is 0 Å². The molecule has 0 aliphatic carbocycles. The van der Waals surface area contributed by atoms with E-state index >= 15 is 0 Å². The van der Waals surface area contributed by atoms with Gasteiger partial charge in [0.15, 0.2) is 0 Å². The maximum Gasteiger partial charge on any atom is 0.254 e. The van der Waals surface area contributed by atoms with Gasteiger partial charge in [-0.25, -0.2) is 0 Å². The lowest BCUT2D eigenvalue weighted by Gasteiger charge is -2.23. The maximum absolute atomic E-state index is 12.7. The highest BCUT2D eigenvalue weighted by molar-refractivity contribution is 5.98. The molecule has 0 saturated carbocycles. The molecule has 2 aromatic rings. The average Bonchev–Trinajstić information content (AvgIpc) is 3.09. The molecule has 0 bridgehead atoms. The van der Waals surface area contributed by atoms with Crippen molar-refractivity contribution in [1.82, 2.24) is 10.2 Å². The lowest BCUT2D eigenvalue weighted by Crippen LogP contribution is -2.39. The molecule has 1 amide bonds. The van der Waals surface area contributed by atoms with Gasteiger partial charge in [0, 0.05) is 31.2 Å². The van der Waals surface area contributed by atoms with Crippen LogP contribution in [0.2, 0.25) is 0 Å². The molecule has 0 spiro atoms. The van der Waals surface area contributed by atoms with Crippen LogP contribution in [0.5, 0.6) is 0 Å². The van der Waals surface area contributed by atoms with E-state index in [9.17, 15) is 4.79 Å². The van der Waals surface area contributed by atoms with E-state index in [0.29, 0.717) is 12.0 Å². The van der Waals surface area contributed by atoms with Crippen molar-refractivity contribution >= 4 is 16.7 Å². The average molecular weight is 266 g/mol. The van der Waals surface area contributed by atoms with E-state index in [1.165, 1.54) is 5.39 Å². The molecule has 2 saturated heterocycles. The standard InChI is InChI=1S/C17H18N2O/c20-17(19-8-7-15-10-18-11-16(15)19)14-6-5-12-3-1-2-4-13(12)9-14/h1-6,9,15-16,18H,7-8,10-11H2/t15-,16+/m0/s1. The Kier molecular flexibility index (Phi) is 2.74. The third-order valence-electron chi connectivity index (χ3n) is 4.70. The van der Waals surface area contributed by atoms with Crippen LogP contribution in [0.3, 0.4) is 0 Å². The molecule has 0 unspecified atom stereocenters. The number of hydrogen-bond donors (Lipinski definition) is 1. The number of carbonyl (C=O) groups is 1. The second-order valence-corrected chi connectivity index (χ2v) is 5.83. The molecule has 20 heavy (non-hydrogen) atoms. The Morgan fingerprint density at radius 2 is 1.95 bits per heavy atom. The Hall–Kier alpha value is -1.87. The molecule has 0 radical (unpaired) electrons. The van der Waals surface area contributed by atoms with E-state index in [1.807, 2.05) is 30.3 Å². The fourth-order valence-corrected chi connectivity index (χ4v) is 3.59. The van der Waals surface area contributed by atoms with Gasteiger partial charge in [-0.15, -0.1) is 0 Å². The van der Waals surface area contributed by atoms with Crippen LogP contribution in [0.15, 0.2) is 42.5 Å². The number of nitrogens with zero attached hydrogens (tertiary/aromatic N) is 1. The predicted molar refractivity (Wildman–Crippen MR) is 79.7 cm³/mol. The number of hydrogen-bond acceptors (Lipinski definition) is 2. The van der Waals surface area contributed by atoms with Crippen molar-refractivity contribution in [1.29, 1.82) is 0 Å². The van der Waals surface area contributed by atoms with Crippen molar-refractivity contribution < 1.29 is 4.79 Å². The summed E-state index contributed by atoms with van der Waals surface area (Å²) in [5.74, 6) is 0.839. The summed E-state index contributed by atoms with van der Waals surface area (Å²) in [5, 5.41) is 5.72. The molecule has 2 atom stereocenters. The predicted octanol–water partition coefficient (Wildman–Crippen LogP) is 2.27. The van der Waals surface area contributed by atoms with E-state index in [-0.39, 0.29) is 5.91 Å². The molecule has 102 valence electrons. The van der Waals surface area contributed by atoms with Gasteiger partial charge >= 0.3 is 0 Å². The molecule has 2 heterocycles. The normalized spacial score (nSPS) is 25.1. The number of amides is 1. The molecule has 4 rings (SSSR count). The van der Waals surface area contributed by atoms with Gasteiger partial charge in [0.25, 0.3) is 5.91 Å². The van der Waals surface area contributed by atoms with E-state index in [2.05, 4.69) is 22.3 Å². The van der Waals surface area contributed by atoms with Crippen molar-refractivity contribution in [3.8, 4) is 0 Å². The molecule has 2 aromatic carbocycles. The second kappa shape index (κ2) is 4.60. The lowest BCUT2D eigenvalue weighted by molar-refractivity contribution is 0.0737. The minimum atomic E-state index is 0.187. The van der Waals surface area contributed by atoms with Gasteiger partial charge in [0.2, 0.25) is 0 Å². The minimum absolute atomic E-state index is 0.187. The van der Waals surface area contributed by atoms with Gasteiger partial charge in [-0.05, 0) is 35.2 Å². The van der Waals surface area contributed by atoms with Crippen molar-refractivity contribution in [3.05, 3.63) is 48.0 Å². The van der Waals surface area contributed by atoms with Gasteiger partial charge in [-0.3, -0.25) is 4.79 Å². The zero-order chi connectivity index (χ0) is 13.5. The fraction of sp³-hybridized carbons (Fsp3) is 0.353. The highest BCUT2D eigenvalue weighted by Gasteiger charge is 2.39. The molecular weight excluding hydrogens is 248 g/mol. The number of likely N-dealkylation sites (tertiary alicyclic amines) is 1. The van der Waals surface area contributed by atoms with Gasteiger partial charge < -0.3 is 10.2 Å². The van der Waals surface area contributed by atoms with Crippen LogP contribution in [0, 0.1) is 5.92 Å². The molecule has 2 fully saturated rings. The molecule has 2 aliphatic heterocycles. The third kappa shape index (κ3) is 1.81. The summed E-state index contributed by atoms with van der Waals surface area (Å²) in [6.45, 7) is 2.92. The smallest absolute Gasteiger partial charge is 0.254 e. The Morgan fingerprint density at radius 1 is 1.10 bits per heavy atom. The van der Waals surface area contributed by atoms with Crippen molar-refractivity contribution in [2.24, 2.45) is 5.92 Å². The van der Waals surface area contributed by atoms with Crippen LogP contribution < -0.4 is 5.32 Å². The highest BCUT2D eigenvalue weighted by atomic mass is 16.2. The summed E-state index contributed by atoms with van der Waals surface area (Å²) < 4.78 is 0. The maximum atomic E-state index is 12.7. The molecule has 1 N–H and O–H groups in total. The summed E-state index contributed by atoms with van der Waals surface area (Å²) >= 11 is 0. The van der Waals surface area contributed by atoms with Crippen LogP contribution in [-0.2, 0) is 0 Å². The zero-order valence-corrected chi connectivity index (χ0v) is 11.4. The quantitative estimate of drug-likeness (QED) is 0.859. The SMILES string of the molecule is O=C(c1ccc2ccccc2c1)N1CC[C@H]2CNC[C@H]21. The Bertz CT molecular complexity index is 667. The number of fused-ring (bicyclic) bond motifs is 2. The van der Waals surface area contributed by atoms with Crippen molar-refractivity contribution in [3.63, 3.8) is 0 Å². The summed E-state index contributed by atoms with van der Waals surface area (Å²) in [6.07, 6.45) is 1.14. The largest absolute Gasteiger partial charge is 0.334 e. The van der Waals surface area contributed by atoms with Gasteiger partial charge in [-0.2, -0.15) is 0 Å².